The summed E-state index contributed by atoms with van der Waals surface area (Å²) in [5.41, 5.74) is -1.21. The average molecular weight is 435 g/mol. The predicted octanol–water partition coefficient (Wildman–Crippen LogP) is 3.75. The maximum Gasteiger partial charge on any atom is 0.416 e. The zero-order chi connectivity index (χ0) is 16.4. The molecule has 1 aromatic rings. The van der Waals surface area contributed by atoms with E-state index in [0.717, 1.165) is 12.1 Å². The minimum atomic E-state index is -4.57. The van der Waals surface area contributed by atoms with E-state index in [0.29, 0.717) is 4.43 Å². The molecule has 0 aromatic heterocycles. The maximum atomic E-state index is 12.9. The lowest BCUT2D eigenvalue weighted by Crippen LogP contribution is -2.40. The van der Waals surface area contributed by atoms with Crippen LogP contribution in [0, 0.1) is 12.8 Å². The van der Waals surface area contributed by atoms with Crippen molar-refractivity contribution in [1.29, 1.82) is 0 Å². The van der Waals surface area contributed by atoms with E-state index < -0.39 is 21.8 Å². The van der Waals surface area contributed by atoms with Gasteiger partial charge in [0.2, 0.25) is 10.0 Å². The first-order chi connectivity index (χ1) is 9.50. The molecule has 0 heterocycles. The summed E-state index contributed by atoms with van der Waals surface area (Å²) in [5, 5.41) is 0. The van der Waals surface area contributed by atoms with Crippen molar-refractivity contribution >= 4 is 32.6 Å². The second-order valence-corrected chi connectivity index (χ2v) is 7.62. The van der Waals surface area contributed by atoms with Crippen LogP contribution in [0.25, 0.3) is 0 Å². The number of alkyl halides is 4. The summed E-state index contributed by atoms with van der Waals surface area (Å²) in [5.74, 6) is 0.0442. The third-order valence-corrected chi connectivity index (χ3v) is 5.74. The van der Waals surface area contributed by atoms with Gasteiger partial charge in [-0.05, 0) is 30.5 Å². The fraction of sp³-hybridized carbons (Fsp3) is 0.538. The molecule has 1 aromatic carbocycles. The summed E-state index contributed by atoms with van der Waals surface area (Å²) < 4.78 is 66.2. The van der Waals surface area contributed by atoms with Gasteiger partial charge in [0.05, 0.1) is 10.5 Å². The standard InChI is InChI=1S/C13H17F3INO2S/c1-8(2)11(7-17)18-21(19,20)12-6-4-5-10(9(12)3)13(14,15)16/h4-6,8,11,18H,7H2,1-3H3. The summed E-state index contributed by atoms with van der Waals surface area (Å²) >= 11 is 2.05. The number of benzene rings is 1. The van der Waals surface area contributed by atoms with E-state index in [1.807, 2.05) is 36.4 Å². The van der Waals surface area contributed by atoms with E-state index in [4.69, 9.17) is 0 Å². The molecule has 0 spiro atoms. The monoisotopic (exact) mass is 435 g/mol. The molecule has 0 aliphatic rings. The van der Waals surface area contributed by atoms with Crippen molar-refractivity contribution in [3.63, 3.8) is 0 Å². The highest BCUT2D eigenvalue weighted by atomic mass is 127. The Kier molecular flexibility index (Phi) is 6.08. The zero-order valence-electron chi connectivity index (χ0n) is 11.8. The molecule has 0 aliphatic carbocycles. The van der Waals surface area contributed by atoms with E-state index in [2.05, 4.69) is 4.72 Å². The van der Waals surface area contributed by atoms with E-state index in [1.54, 1.807) is 0 Å². The Morgan fingerprint density at radius 2 is 1.86 bits per heavy atom. The Morgan fingerprint density at radius 3 is 2.29 bits per heavy atom. The molecule has 0 bridgehead atoms. The van der Waals surface area contributed by atoms with Gasteiger partial charge in [-0.25, -0.2) is 13.1 Å². The van der Waals surface area contributed by atoms with E-state index >= 15 is 0 Å². The van der Waals surface area contributed by atoms with Gasteiger partial charge in [0.15, 0.2) is 0 Å². The first-order valence-electron chi connectivity index (χ1n) is 6.25. The fourth-order valence-corrected chi connectivity index (χ4v) is 5.01. The third-order valence-electron chi connectivity index (χ3n) is 3.16. The molecule has 0 fully saturated rings. The summed E-state index contributed by atoms with van der Waals surface area (Å²) in [6, 6.07) is 2.85. The van der Waals surface area contributed by atoms with Crippen LogP contribution in [0.4, 0.5) is 13.2 Å². The van der Waals surface area contributed by atoms with Crippen molar-refractivity contribution in [2.45, 2.75) is 37.9 Å². The third kappa shape index (κ3) is 4.56. The van der Waals surface area contributed by atoms with Crippen molar-refractivity contribution < 1.29 is 21.6 Å². The van der Waals surface area contributed by atoms with E-state index in [9.17, 15) is 21.6 Å². The van der Waals surface area contributed by atoms with Gasteiger partial charge in [0, 0.05) is 10.5 Å². The van der Waals surface area contributed by atoms with Crippen LogP contribution in [0.3, 0.4) is 0 Å². The minimum absolute atomic E-state index is 0.0442. The summed E-state index contributed by atoms with van der Waals surface area (Å²) in [6.45, 7) is 4.88. The highest BCUT2D eigenvalue weighted by Gasteiger charge is 2.35. The van der Waals surface area contributed by atoms with Crippen LogP contribution in [0.1, 0.15) is 25.0 Å². The van der Waals surface area contributed by atoms with Crippen molar-refractivity contribution in [2.24, 2.45) is 5.92 Å². The number of sulfonamides is 1. The summed E-state index contributed by atoms with van der Waals surface area (Å²) in [4.78, 5) is -0.326. The second-order valence-electron chi connectivity index (χ2n) is 5.05. The lowest BCUT2D eigenvalue weighted by molar-refractivity contribution is -0.138. The lowest BCUT2D eigenvalue weighted by atomic mass is 10.1. The Bertz CT molecular complexity index is 600. The van der Waals surface area contributed by atoms with Crippen molar-refractivity contribution in [2.75, 3.05) is 4.43 Å². The molecule has 1 atom stereocenters. The van der Waals surface area contributed by atoms with Gasteiger partial charge in [-0.15, -0.1) is 0 Å². The van der Waals surface area contributed by atoms with Gasteiger partial charge >= 0.3 is 6.18 Å². The molecule has 0 radical (unpaired) electrons. The normalized spacial score (nSPS) is 14.5. The number of halogens is 4. The molecule has 0 saturated carbocycles. The number of nitrogens with one attached hydrogen (secondary N) is 1. The Hall–Kier alpha value is -0.350. The molecule has 3 nitrogen and oxygen atoms in total. The van der Waals surface area contributed by atoms with Gasteiger partial charge in [0.25, 0.3) is 0 Å². The maximum absolute atomic E-state index is 12.9. The largest absolute Gasteiger partial charge is 0.416 e. The van der Waals surface area contributed by atoms with Crippen LogP contribution in [0.5, 0.6) is 0 Å². The van der Waals surface area contributed by atoms with Crippen LogP contribution in [0.15, 0.2) is 23.1 Å². The topological polar surface area (TPSA) is 46.2 Å². The van der Waals surface area contributed by atoms with Crippen molar-refractivity contribution in [1.82, 2.24) is 4.72 Å². The molecular weight excluding hydrogens is 418 g/mol. The Morgan fingerprint density at radius 1 is 1.29 bits per heavy atom. The van der Waals surface area contributed by atoms with Gasteiger partial charge in [-0.3, -0.25) is 0 Å². The van der Waals surface area contributed by atoms with Crippen molar-refractivity contribution in [3.8, 4) is 0 Å². The SMILES string of the molecule is Cc1c(C(F)(F)F)cccc1S(=O)(=O)NC(CI)C(C)C. The molecular formula is C13H17F3INO2S. The minimum Gasteiger partial charge on any atom is -0.207 e. The fourth-order valence-electron chi connectivity index (χ4n) is 1.82. The molecule has 120 valence electrons. The molecule has 1 N–H and O–H groups in total. The van der Waals surface area contributed by atoms with Crippen LogP contribution in [-0.4, -0.2) is 18.9 Å². The number of hydrogen-bond donors (Lipinski definition) is 1. The molecule has 8 heteroatoms. The summed E-state index contributed by atoms with van der Waals surface area (Å²) in [7, 11) is -3.98. The van der Waals surface area contributed by atoms with Crippen LogP contribution >= 0.6 is 22.6 Å². The molecule has 0 amide bonds. The second kappa shape index (κ2) is 6.82. The lowest BCUT2D eigenvalue weighted by Gasteiger charge is -2.21. The molecule has 1 rings (SSSR count). The van der Waals surface area contributed by atoms with Crippen LogP contribution < -0.4 is 4.72 Å². The molecule has 21 heavy (non-hydrogen) atoms. The van der Waals surface area contributed by atoms with Crippen LogP contribution in [0.2, 0.25) is 0 Å². The van der Waals surface area contributed by atoms with E-state index in [1.165, 1.54) is 13.0 Å². The van der Waals surface area contributed by atoms with E-state index in [-0.39, 0.29) is 22.4 Å². The average Bonchev–Trinajstić information content (AvgIpc) is 2.34. The Balaban J connectivity index is 3.27. The highest BCUT2D eigenvalue weighted by Crippen LogP contribution is 2.34. The van der Waals surface area contributed by atoms with Gasteiger partial charge in [-0.2, -0.15) is 13.2 Å². The number of hydrogen-bond acceptors (Lipinski definition) is 2. The zero-order valence-corrected chi connectivity index (χ0v) is 14.8. The molecule has 1 unspecified atom stereocenters. The van der Waals surface area contributed by atoms with Gasteiger partial charge in [-0.1, -0.05) is 42.5 Å². The summed E-state index contributed by atoms with van der Waals surface area (Å²) in [6.07, 6.45) is -4.57. The number of rotatable bonds is 5. The first-order valence-corrected chi connectivity index (χ1v) is 9.26. The van der Waals surface area contributed by atoms with Crippen LogP contribution in [-0.2, 0) is 16.2 Å². The quantitative estimate of drug-likeness (QED) is 0.566. The predicted molar refractivity (Wildman–Crippen MR) is 84.0 cm³/mol. The van der Waals surface area contributed by atoms with Gasteiger partial charge < -0.3 is 0 Å². The molecule has 0 aliphatic heterocycles. The van der Waals surface area contributed by atoms with Crippen molar-refractivity contribution in [3.05, 3.63) is 29.3 Å². The smallest absolute Gasteiger partial charge is 0.207 e. The first kappa shape index (κ1) is 18.7. The van der Waals surface area contributed by atoms with Gasteiger partial charge in [0.1, 0.15) is 0 Å². The Labute approximate surface area is 136 Å². The highest BCUT2D eigenvalue weighted by molar-refractivity contribution is 14.1. The molecule has 0 saturated heterocycles.